The molecular formula is C14H13N3O3S. The van der Waals surface area contributed by atoms with E-state index in [0.29, 0.717) is 11.3 Å². The maximum Gasteiger partial charge on any atom is 0.297 e. The molecule has 2 rings (SSSR count). The molecule has 6 nitrogen and oxygen atoms in total. The minimum atomic E-state index is -3.80. The molecular weight excluding hydrogens is 290 g/mol. The van der Waals surface area contributed by atoms with Crippen LogP contribution in [0.1, 0.15) is 11.1 Å². The van der Waals surface area contributed by atoms with Gasteiger partial charge in [0.25, 0.3) is 10.1 Å². The highest BCUT2D eigenvalue weighted by molar-refractivity contribution is 7.86. The summed E-state index contributed by atoms with van der Waals surface area (Å²) >= 11 is 0. The SMILES string of the molecule is Cc1ccc(S(=O)(=O)OCc2cccc(N=[N+]=[N-])c2)cc1. The molecule has 0 N–H and O–H groups in total. The van der Waals surface area contributed by atoms with Crippen molar-refractivity contribution >= 4 is 15.8 Å². The summed E-state index contributed by atoms with van der Waals surface area (Å²) in [5, 5.41) is 3.46. The summed E-state index contributed by atoms with van der Waals surface area (Å²) in [7, 11) is -3.80. The third-order valence-electron chi connectivity index (χ3n) is 2.76. The molecule has 0 saturated heterocycles. The fourth-order valence-corrected chi connectivity index (χ4v) is 2.58. The van der Waals surface area contributed by atoms with E-state index in [0.717, 1.165) is 5.56 Å². The molecule has 0 aliphatic rings. The third kappa shape index (κ3) is 4.06. The van der Waals surface area contributed by atoms with E-state index in [1.54, 1.807) is 36.4 Å². The fraction of sp³-hybridized carbons (Fsp3) is 0.143. The number of benzene rings is 2. The first kappa shape index (κ1) is 15.1. The van der Waals surface area contributed by atoms with Gasteiger partial charge in [0.2, 0.25) is 0 Å². The molecule has 0 bridgehead atoms. The van der Waals surface area contributed by atoms with E-state index in [1.165, 1.54) is 12.1 Å². The summed E-state index contributed by atoms with van der Waals surface area (Å²) in [5.41, 5.74) is 10.4. The lowest BCUT2D eigenvalue weighted by Gasteiger charge is -2.06. The Hall–Kier alpha value is -2.34. The van der Waals surface area contributed by atoms with Crippen LogP contribution in [0.25, 0.3) is 10.4 Å². The van der Waals surface area contributed by atoms with Gasteiger partial charge in [-0.3, -0.25) is 4.18 Å². The molecule has 0 aliphatic heterocycles. The molecule has 0 heterocycles. The van der Waals surface area contributed by atoms with E-state index in [2.05, 4.69) is 10.0 Å². The van der Waals surface area contributed by atoms with Gasteiger partial charge in [0.05, 0.1) is 11.5 Å². The second-order valence-electron chi connectivity index (χ2n) is 4.39. The van der Waals surface area contributed by atoms with E-state index in [1.807, 2.05) is 6.92 Å². The van der Waals surface area contributed by atoms with Crippen LogP contribution in [-0.4, -0.2) is 8.42 Å². The van der Waals surface area contributed by atoms with Gasteiger partial charge in [-0.1, -0.05) is 41.0 Å². The van der Waals surface area contributed by atoms with Gasteiger partial charge in [-0.2, -0.15) is 8.42 Å². The Bertz CT molecular complexity index is 779. The van der Waals surface area contributed by atoms with Gasteiger partial charge in [0, 0.05) is 10.6 Å². The van der Waals surface area contributed by atoms with Crippen molar-refractivity contribution in [2.45, 2.75) is 18.4 Å². The van der Waals surface area contributed by atoms with Crippen LogP contribution in [0, 0.1) is 6.92 Å². The topological polar surface area (TPSA) is 92.1 Å². The summed E-state index contributed by atoms with van der Waals surface area (Å²) in [6, 6.07) is 13.0. The monoisotopic (exact) mass is 303 g/mol. The van der Waals surface area contributed by atoms with E-state index in [9.17, 15) is 8.42 Å². The lowest BCUT2D eigenvalue weighted by Crippen LogP contribution is -2.06. The molecule has 0 unspecified atom stereocenters. The van der Waals surface area contributed by atoms with Crippen LogP contribution in [0.15, 0.2) is 58.5 Å². The second-order valence-corrected chi connectivity index (χ2v) is 6.00. The molecule has 2 aromatic rings. The quantitative estimate of drug-likeness (QED) is 0.363. The molecule has 0 saturated carbocycles. The predicted molar refractivity (Wildman–Crippen MR) is 78.4 cm³/mol. The summed E-state index contributed by atoms with van der Waals surface area (Å²) in [5.74, 6) is 0. The molecule has 0 amide bonds. The number of azide groups is 1. The highest BCUT2D eigenvalue weighted by atomic mass is 32.2. The van der Waals surface area contributed by atoms with Crippen molar-refractivity contribution in [3.63, 3.8) is 0 Å². The number of hydrogen-bond acceptors (Lipinski definition) is 4. The van der Waals surface area contributed by atoms with Crippen LogP contribution < -0.4 is 0 Å². The van der Waals surface area contributed by atoms with E-state index < -0.39 is 10.1 Å². The van der Waals surface area contributed by atoms with Crippen molar-refractivity contribution < 1.29 is 12.6 Å². The fourth-order valence-electron chi connectivity index (χ4n) is 1.68. The lowest BCUT2D eigenvalue weighted by atomic mass is 10.2. The average molecular weight is 303 g/mol. The van der Waals surface area contributed by atoms with Crippen LogP contribution in [0.4, 0.5) is 5.69 Å². The molecule has 0 spiro atoms. The van der Waals surface area contributed by atoms with Crippen molar-refractivity contribution in [2.24, 2.45) is 5.11 Å². The first-order valence-electron chi connectivity index (χ1n) is 6.11. The van der Waals surface area contributed by atoms with Gasteiger partial charge in [-0.25, -0.2) is 0 Å². The van der Waals surface area contributed by atoms with Gasteiger partial charge < -0.3 is 0 Å². The van der Waals surface area contributed by atoms with E-state index in [4.69, 9.17) is 9.71 Å². The summed E-state index contributed by atoms with van der Waals surface area (Å²) in [6.07, 6.45) is 0. The maximum absolute atomic E-state index is 12.0. The largest absolute Gasteiger partial charge is 0.297 e. The van der Waals surface area contributed by atoms with Crippen LogP contribution >= 0.6 is 0 Å². The van der Waals surface area contributed by atoms with Gasteiger partial charge in [0.1, 0.15) is 0 Å². The minimum Gasteiger partial charge on any atom is -0.262 e. The van der Waals surface area contributed by atoms with Gasteiger partial charge >= 0.3 is 0 Å². The number of aryl methyl sites for hydroxylation is 1. The van der Waals surface area contributed by atoms with Crippen molar-refractivity contribution in [2.75, 3.05) is 0 Å². The van der Waals surface area contributed by atoms with Crippen molar-refractivity contribution in [3.8, 4) is 0 Å². The number of rotatable bonds is 5. The average Bonchev–Trinajstić information content (AvgIpc) is 2.47. The summed E-state index contributed by atoms with van der Waals surface area (Å²) < 4.78 is 29.1. The molecule has 0 atom stereocenters. The molecule has 108 valence electrons. The Labute approximate surface area is 122 Å². The second kappa shape index (κ2) is 6.41. The van der Waals surface area contributed by atoms with Crippen molar-refractivity contribution in [1.29, 1.82) is 0 Å². The smallest absolute Gasteiger partial charge is 0.262 e. The van der Waals surface area contributed by atoms with E-state index in [-0.39, 0.29) is 11.5 Å². The van der Waals surface area contributed by atoms with Crippen LogP contribution in [0.3, 0.4) is 0 Å². The Morgan fingerprint density at radius 3 is 2.57 bits per heavy atom. The Morgan fingerprint density at radius 2 is 1.90 bits per heavy atom. The van der Waals surface area contributed by atoms with Gasteiger partial charge in [-0.15, -0.1) is 0 Å². The molecule has 0 radical (unpaired) electrons. The zero-order valence-corrected chi connectivity index (χ0v) is 12.1. The lowest BCUT2D eigenvalue weighted by molar-refractivity contribution is 0.308. The Morgan fingerprint density at radius 1 is 1.19 bits per heavy atom. The number of hydrogen-bond donors (Lipinski definition) is 0. The zero-order valence-electron chi connectivity index (χ0n) is 11.3. The molecule has 21 heavy (non-hydrogen) atoms. The van der Waals surface area contributed by atoms with Crippen LogP contribution in [-0.2, 0) is 20.9 Å². The first-order valence-corrected chi connectivity index (χ1v) is 7.52. The summed E-state index contributed by atoms with van der Waals surface area (Å²) in [4.78, 5) is 2.79. The van der Waals surface area contributed by atoms with E-state index >= 15 is 0 Å². The Balaban J connectivity index is 2.13. The van der Waals surface area contributed by atoms with Crippen LogP contribution in [0.5, 0.6) is 0 Å². The predicted octanol–water partition coefficient (Wildman–Crippen LogP) is 3.84. The third-order valence-corrected chi connectivity index (χ3v) is 4.04. The molecule has 0 aromatic heterocycles. The minimum absolute atomic E-state index is 0.110. The first-order chi connectivity index (χ1) is 10.0. The van der Waals surface area contributed by atoms with Crippen LogP contribution in [0.2, 0.25) is 0 Å². The maximum atomic E-state index is 12.0. The highest BCUT2D eigenvalue weighted by Crippen LogP contribution is 2.18. The molecule has 2 aromatic carbocycles. The standard InChI is InChI=1S/C14H13N3O3S/c1-11-5-7-14(8-6-11)21(18,19)20-10-12-3-2-4-13(9-12)16-17-15/h2-9H,10H2,1H3. The Kier molecular flexibility index (Phi) is 4.59. The van der Waals surface area contributed by atoms with Gasteiger partial charge in [0.15, 0.2) is 0 Å². The van der Waals surface area contributed by atoms with Crippen molar-refractivity contribution in [3.05, 3.63) is 70.1 Å². The normalized spacial score (nSPS) is 10.9. The number of nitrogens with zero attached hydrogens (tertiary/aromatic N) is 3. The summed E-state index contributed by atoms with van der Waals surface area (Å²) in [6.45, 7) is 1.75. The van der Waals surface area contributed by atoms with Gasteiger partial charge in [-0.05, 0) is 36.2 Å². The highest BCUT2D eigenvalue weighted by Gasteiger charge is 2.14. The zero-order chi connectivity index (χ0) is 15.3. The molecule has 0 aliphatic carbocycles. The molecule has 0 fully saturated rings. The van der Waals surface area contributed by atoms with Crippen molar-refractivity contribution in [1.82, 2.24) is 0 Å². The molecule has 7 heteroatoms.